The minimum absolute atomic E-state index is 0.722. The molecule has 0 radical (unpaired) electrons. The van der Waals surface area contributed by atoms with Crippen LogP contribution in [-0.4, -0.2) is 27.1 Å². The van der Waals surface area contributed by atoms with Crippen molar-refractivity contribution in [1.29, 1.82) is 0 Å². The fraction of sp³-hybridized carbons (Fsp3) is 0.500. The number of rotatable bonds is 4. The van der Waals surface area contributed by atoms with Gasteiger partial charge in [-0.1, -0.05) is 0 Å². The van der Waals surface area contributed by atoms with Crippen molar-refractivity contribution in [2.45, 2.75) is 45.4 Å². The van der Waals surface area contributed by atoms with Gasteiger partial charge in [0.2, 0.25) is 0 Å². The average molecular weight is 283 g/mol. The molecule has 2 aromatic heterocycles. The lowest BCUT2D eigenvalue weighted by Gasteiger charge is -2.31. The number of nitrogens with zero attached hydrogens (tertiary/aromatic N) is 4. The molecule has 5 heteroatoms. The number of nitrogens with one attached hydrogen (secondary N) is 1. The summed E-state index contributed by atoms with van der Waals surface area (Å²) in [5, 5.41) is 3.60. The van der Waals surface area contributed by atoms with Crippen LogP contribution >= 0.6 is 0 Å². The standard InChI is InChI=1S/C16H21N5/c1-12-8-15(13(9-18-12)10-19-14-2-3-14)21-7-6-20-5-4-17-16(20)11-21/h4-5,8-9,14,19H,2-3,6-7,10-11H2,1H3. The van der Waals surface area contributed by atoms with Gasteiger partial charge in [0.15, 0.2) is 0 Å². The van der Waals surface area contributed by atoms with Gasteiger partial charge in [-0.2, -0.15) is 0 Å². The first-order chi connectivity index (χ1) is 10.3. The lowest BCUT2D eigenvalue weighted by molar-refractivity contribution is 0.556. The van der Waals surface area contributed by atoms with Crippen molar-refractivity contribution in [3.8, 4) is 0 Å². The van der Waals surface area contributed by atoms with E-state index in [9.17, 15) is 0 Å². The van der Waals surface area contributed by atoms with Crippen LogP contribution in [0, 0.1) is 6.92 Å². The molecule has 1 saturated carbocycles. The predicted molar refractivity (Wildman–Crippen MR) is 82.1 cm³/mol. The highest BCUT2D eigenvalue weighted by Crippen LogP contribution is 2.26. The molecule has 4 rings (SSSR count). The average Bonchev–Trinajstić information content (AvgIpc) is 3.21. The fourth-order valence-corrected chi connectivity index (χ4v) is 2.93. The molecule has 0 aromatic carbocycles. The summed E-state index contributed by atoms with van der Waals surface area (Å²) in [5.74, 6) is 1.15. The minimum Gasteiger partial charge on any atom is -0.362 e. The zero-order chi connectivity index (χ0) is 14.2. The number of fused-ring (bicyclic) bond motifs is 1. The van der Waals surface area contributed by atoms with Gasteiger partial charge in [-0.05, 0) is 25.8 Å². The number of imidazole rings is 1. The van der Waals surface area contributed by atoms with Crippen LogP contribution in [0.25, 0.3) is 0 Å². The van der Waals surface area contributed by atoms with Gasteiger partial charge in [0.05, 0.1) is 6.54 Å². The lowest BCUT2D eigenvalue weighted by Crippen LogP contribution is -2.34. The van der Waals surface area contributed by atoms with Gasteiger partial charge in [-0.3, -0.25) is 4.98 Å². The molecule has 21 heavy (non-hydrogen) atoms. The Hall–Kier alpha value is -1.88. The molecule has 1 N–H and O–H groups in total. The highest BCUT2D eigenvalue weighted by Gasteiger charge is 2.23. The number of hydrogen-bond donors (Lipinski definition) is 1. The zero-order valence-electron chi connectivity index (χ0n) is 12.4. The van der Waals surface area contributed by atoms with Crippen LogP contribution in [0.15, 0.2) is 24.7 Å². The summed E-state index contributed by atoms with van der Waals surface area (Å²) in [7, 11) is 0. The third kappa shape index (κ3) is 2.65. The first-order valence-electron chi connectivity index (χ1n) is 7.73. The van der Waals surface area contributed by atoms with E-state index >= 15 is 0 Å². The summed E-state index contributed by atoms with van der Waals surface area (Å²) in [5.41, 5.74) is 3.69. The topological polar surface area (TPSA) is 46.0 Å². The Kier molecular flexibility index (Phi) is 3.15. The Balaban J connectivity index is 1.59. The minimum atomic E-state index is 0.722. The zero-order valence-corrected chi connectivity index (χ0v) is 12.4. The van der Waals surface area contributed by atoms with E-state index < -0.39 is 0 Å². The second-order valence-corrected chi connectivity index (χ2v) is 6.07. The molecule has 0 spiro atoms. The summed E-state index contributed by atoms with van der Waals surface area (Å²) in [6.07, 6.45) is 8.62. The quantitative estimate of drug-likeness (QED) is 0.930. The van der Waals surface area contributed by atoms with Crippen LogP contribution in [0.2, 0.25) is 0 Å². The molecule has 0 atom stereocenters. The van der Waals surface area contributed by atoms with Crippen LogP contribution < -0.4 is 10.2 Å². The Morgan fingerprint density at radius 2 is 2.19 bits per heavy atom. The lowest BCUT2D eigenvalue weighted by atomic mass is 10.1. The van der Waals surface area contributed by atoms with Gasteiger partial charge >= 0.3 is 0 Å². The molecule has 0 saturated heterocycles. The Morgan fingerprint density at radius 1 is 1.29 bits per heavy atom. The summed E-state index contributed by atoms with van der Waals surface area (Å²) >= 11 is 0. The Bertz CT molecular complexity index is 644. The van der Waals surface area contributed by atoms with Gasteiger partial charge in [-0.25, -0.2) is 4.98 Å². The molecule has 2 aromatic rings. The van der Waals surface area contributed by atoms with Crippen LogP contribution in [0.4, 0.5) is 5.69 Å². The van der Waals surface area contributed by atoms with Gasteiger partial charge in [0.1, 0.15) is 5.82 Å². The van der Waals surface area contributed by atoms with E-state index in [0.717, 1.165) is 43.7 Å². The van der Waals surface area contributed by atoms with E-state index in [1.54, 1.807) is 0 Å². The smallest absolute Gasteiger partial charge is 0.128 e. The number of hydrogen-bond acceptors (Lipinski definition) is 4. The molecule has 1 aliphatic heterocycles. The molecule has 5 nitrogen and oxygen atoms in total. The second kappa shape index (κ2) is 5.15. The number of aromatic nitrogens is 3. The van der Waals surface area contributed by atoms with Crippen molar-refractivity contribution < 1.29 is 0 Å². The van der Waals surface area contributed by atoms with Crippen molar-refractivity contribution in [3.05, 3.63) is 41.7 Å². The molecule has 2 aliphatic rings. The molecule has 0 bridgehead atoms. The maximum Gasteiger partial charge on any atom is 0.128 e. The normalized spacial score (nSPS) is 17.9. The maximum atomic E-state index is 4.48. The number of aryl methyl sites for hydroxylation is 1. The van der Waals surface area contributed by atoms with Gasteiger partial charge in [0, 0.05) is 61.2 Å². The van der Waals surface area contributed by atoms with Gasteiger partial charge < -0.3 is 14.8 Å². The van der Waals surface area contributed by atoms with Crippen molar-refractivity contribution in [1.82, 2.24) is 19.9 Å². The third-order valence-electron chi connectivity index (χ3n) is 4.34. The van der Waals surface area contributed by atoms with E-state index in [-0.39, 0.29) is 0 Å². The first kappa shape index (κ1) is 12.8. The molecule has 110 valence electrons. The van der Waals surface area contributed by atoms with E-state index in [0.29, 0.717) is 0 Å². The van der Waals surface area contributed by atoms with Crippen molar-refractivity contribution in [3.63, 3.8) is 0 Å². The summed E-state index contributed by atoms with van der Waals surface area (Å²) in [6.45, 7) is 5.90. The van der Waals surface area contributed by atoms with Crippen LogP contribution in [0.5, 0.6) is 0 Å². The second-order valence-electron chi connectivity index (χ2n) is 6.07. The molecule has 1 fully saturated rings. The summed E-state index contributed by atoms with van der Waals surface area (Å²) in [6, 6.07) is 2.93. The highest BCUT2D eigenvalue weighted by molar-refractivity contribution is 5.54. The molecule has 1 aliphatic carbocycles. The number of anilines is 1. The highest BCUT2D eigenvalue weighted by atomic mass is 15.2. The van der Waals surface area contributed by atoms with Crippen molar-refractivity contribution >= 4 is 5.69 Å². The Morgan fingerprint density at radius 3 is 3.05 bits per heavy atom. The largest absolute Gasteiger partial charge is 0.362 e. The van der Waals surface area contributed by atoms with E-state index in [1.165, 1.54) is 24.1 Å². The third-order valence-corrected chi connectivity index (χ3v) is 4.34. The van der Waals surface area contributed by atoms with Crippen LogP contribution in [-0.2, 0) is 19.6 Å². The summed E-state index contributed by atoms with van der Waals surface area (Å²) in [4.78, 5) is 11.4. The molecule has 3 heterocycles. The van der Waals surface area contributed by atoms with Crippen molar-refractivity contribution in [2.75, 3.05) is 11.4 Å². The molecule has 0 amide bonds. The van der Waals surface area contributed by atoms with E-state index in [4.69, 9.17) is 0 Å². The monoisotopic (exact) mass is 283 g/mol. The van der Waals surface area contributed by atoms with Crippen LogP contribution in [0.1, 0.15) is 29.9 Å². The van der Waals surface area contributed by atoms with Gasteiger partial charge in [-0.15, -0.1) is 0 Å². The number of pyridine rings is 1. The van der Waals surface area contributed by atoms with Gasteiger partial charge in [0.25, 0.3) is 0 Å². The van der Waals surface area contributed by atoms with E-state index in [2.05, 4.69) is 43.9 Å². The molecule has 0 unspecified atom stereocenters. The molecular weight excluding hydrogens is 262 g/mol. The predicted octanol–water partition coefficient (Wildman–Crippen LogP) is 1.86. The van der Waals surface area contributed by atoms with Crippen LogP contribution in [0.3, 0.4) is 0 Å². The summed E-state index contributed by atoms with van der Waals surface area (Å²) < 4.78 is 2.24. The molecular formula is C16H21N5. The van der Waals surface area contributed by atoms with E-state index in [1.807, 2.05) is 12.4 Å². The fourth-order valence-electron chi connectivity index (χ4n) is 2.93. The SMILES string of the molecule is Cc1cc(N2CCn3ccnc3C2)c(CNC2CC2)cn1. The first-order valence-corrected chi connectivity index (χ1v) is 7.73. The maximum absolute atomic E-state index is 4.48. The van der Waals surface area contributed by atoms with Crippen molar-refractivity contribution in [2.24, 2.45) is 0 Å². The Labute approximate surface area is 125 Å².